The second-order valence-corrected chi connectivity index (χ2v) is 3.01. The minimum Gasteiger partial charge on any atom is -0.398 e. The highest BCUT2D eigenvalue weighted by Crippen LogP contribution is 2.30. The van der Waals surface area contributed by atoms with Crippen LogP contribution in [0.3, 0.4) is 0 Å². The van der Waals surface area contributed by atoms with Crippen molar-refractivity contribution in [1.82, 2.24) is 0 Å². The third kappa shape index (κ3) is 1.05. The van der Waals surface area contributed by atoms with E-state index in [4.69, 9.17) is 17.2 Å². The minimum absolute atomic E-state index is 0.669. The molecule has 0 heterocycles. The van der Waals surface area contributed by atoms with Gasteiger partial charge in [0.05, 0.1) is 0 Å². The third-order valence-corrected chi connectivity index (χ3v) is 2.14. The van der Waals surface area contributed by atoms with Crippen LogP contribution in [0.4, 0.5) is 17.1 Å². The fourth-order valence-corrected chi connectivity index (χ4v) is 1.49. The molecule has 2 rings (SSSR count). The zero-order valence-corrected chi connectivity index (χ0v) is 7.12. The summed E-state index contributed by atoms with van der Waals surface area (Å²) < 4.78 is 0. The van der Waals surface area contributed by atoms with Gasteiger partial charge in [-0.3, -0.25) is 0 Å². The molecular formula is C10H11N3. The van der Waals surface area contributed by atoms with Gasteiger partial charge in [-0.2, -0.15) is 0 Å². The third-order valence-electron chi connectivity index (χ3n) is 2.14. The van der Waals surface area contributed by atoms with Gasteiger partial charge in [-0.15, -0.1) is 0 Å². The summed E-state index contributed by atoms with van der Waals surface area (Å²) in [6, 6.07) is 9.16. The van der Waals surface area contributed by atoms with Crippen LogP contribution in [-0.2, 0) is 0 Å². The highest BCUT2D eigenvalue weighted by atomic mass is 14.6. The van der Waals surface area contributed by atoms with Crippen LogP contribution in [0, 0.1) is 0 Å². The molecule has 3 heteroatoms. The predicted molar refractivity (Wildman–Crippen MR) is 57.2 cm³/mol. The van der Waals surface area contributed by atoms with E-state index in [0.29, 0.717) is 17.1 Å². The van der Waals surface area contributed by atoms with Crippen LogP contribution in [-0.4, -0.2) is 0 Å². The number of anilines is 3. The van der Waals surface area contributed by atoms with Gasteiger partial charge in [0, 0.05) is 27.8 Å². The molecule has 66 valence electrons. The summed E-state index contributed by atoms with van der Waals surface area (Å²) in [7, 11) is 0. The van der Waals surface area contributed by atoms with Gasteiger partial charge in [0.2, 0.25) is 0 Å². The van der Waals surface area contributed by atoms with E-state index in [-0.39, 0.29) is 0 Å². The van der Waals surface area contributed by atoms with Crippen LogP contribution < -0.4 is 17.2 Å². The van der Waals surface area contributed by atoms with Gasteiger partial charge in [0.15, 0.2) is 0 Å². The van der Waals surface area contributed by atoms with Crippen molar-refractivity contribution >= 4 is 27.8 Å². The number of fused-ring (bicyclic) bond motifs is 1. The lowest BCUT2D eigenvalue weighted by Gasteiger charge is -2.07. The Labute approximate surface area is 76.1 Å². The largest absolute Gasteiger partial charge is 0.398 e. The summed E-state index contributed by atoms with van der Waals surface area (Å²) in [6.07, 6.45) is 0. The molecule has 0 radical (unpaired) electrons. The SMILES string of the molecule is Nc1ccc(N)c2c(N)cccc12. The fourth-order valence-electron chi connectivity index (χ4n) is 1.49. The van der Waals surface area contributed by atoms with Gasteiger partial charge in [0.25, 0.3) is 0 Å². The number of hydrogen-bond acceptors (Lipinski definition) is 3. The quantitative estimate of drug-likeness (QED) is 0.529. The van der Waals surface area contributed by atoms with Crippen molar-refractivity contribution in [2.24, 2.45) is 0 Å². The van der Waals surface area contributed by atoms with E-state index in [0.717, 1.165) is 10.8 Å². The standard InChI is InChI=1S/C10H11N3/c11-7-4-5-9(13)10-6(7)2-1-3-8(10)12/h1-5H,11-13H2. The van der Waals surface area contributed by atoms with Crippen molar-refractivity contribution in [1.29, 1.82) is 0 Å². The first kappa shape index (κ1) is 7.73. The summed E-state index contributed by atoms with van der Waals surface area (Å²) in [5.74, 6) is 0. The van der Waals surface area contributed by atoms with Gasteiger partial charge in [-0.05, 0) is 18.2 Å². The molecular weight excluding hydrogens is 162 g/mol. The van der Waals surface area contributed by atoms with Gasteiger partial charge >= 0.3 is 0 Å². The molecule has 0 fully saturated rings. The van der Waals surface area contributed by atoms with E-state index in [1.807, 2.05) is 18.2 Å². The maximum absolute atomic E-state index is 5.79. The Morgan fingerprint density at radius 2 is 1.31 bits per heavy atom. The molecule has 0 amide bonds. The van der Waals surface area contributed by atoms with Gasteiger partial charge in [-0.1, -0.05) is 12.1 Å². The number of hydrogen-bond donors (Lipinski definition) is 3. The van der Waals surface area contributed by atoms with Crippen molar-refractivity contribution < 1.29 is 0 Å². The lowest BCUT2D eigenvalue weighted by atomic mass is 10.1. The Kier molecular flexibility index (Phi) is 1.52. The number of rotatable bonds is 0. The van der Waals surface area contributed by atoms with E-state index in [2.05, 4.69) is 0 Å². The highest BCUT2D eigenvalue weighted by Gasteiger charge is 2.03. The lowest BCUT2D eigenvalue weighted by Crippen LogP contribution is -1.95. The molecule has 0 aliphatic carbocycles. The van der Waals surface area contributed by atoms with E-state index in [1.165, 1.54) is 0 Å². The van der Waals surface area contributed by atoms with Crippen LogP contribution in [0.25, 0.3) is 10.8 Å². The molecule has 0 spiro atoms. The van der Waals surface area contributed by atoms with Crippen LogP contribution in [0.1, 0.15) is 0 Å². The average molecular weight is 173 g/mol. The van der Waals surface area contributed by atoms with Crippen molar-refractivity contribution in [3.05, 3.63) is 30.3 Å². The summed E-state index contributed by atoms with van der Waals surface area (Å²) in [5, 5.41) is 1.77. The summed E-state index contributed by atoms with van der Waals surface area (Å²) in [4.78, 5) is 0. The predicted octanol–water partition coefficient (Wildman–Crippen LogP) is 1.59. The molecule has 0 aliphatic heterocycles. The Bertz CT molecular complexity index is 455. The molecule has 0 aromatic heterocycles. The van der Waals surface area contributed by atoms with E-state index >= 15 is 0 Å². The van der Waals surface area contributed by atoms with Crippen LogP contribution in [0.5, 0.6) is 0 Å². The monoisotopic (exact) mass is 173 g/mol. The summed E-state index contributed by atoms with van der Waals surface area (Å²) in [5.41, 5.74) is 19.4. The second-order valence-electron chi connectivity index (χ2n) is 3.01. The maximum Gasteiger partial charge on any atom is 0.0416 e. The molecule has 0 aliphatic rings. The molecule has 6 N–H and O–H groups in total. The summed E-state index contributed by atoms with van der Waals surface area (Å²) >= 11 is 0. The molecule has 0 unspecified atom stereocenters. The second kappa shape index (κ2) is 2.55. The first-order valence-electron chi connectivity index (χ1n) is 4.02. The van der Waals surface area contributed by atoms with Crippen molar-refractivity contribution in [2.75, 3.05) is 17.2 Å². The first-order valence-corrected chi connectivity index (χ1v) is 4.02. The molecule has 13 heavy (non-hydrogen) atoms. The molecule has 2 aromatic rings. The number of nitrogens with two attached hydrogens (primary N) is 3. The molecule has 2 aromatic carbocycles. The lowest BCUT2D eigenvalue weighted by molar-refractivity contribution is 1.70. The normalized spacial score (nSPS) is 10.5. The fraction of sp³-hybridized carbons (Fsp3) is 0. The van der Waals surface area contributed by atoms with Crippen molar-refractivity contribution in [3.63, 3.8) is 0 Å². The molecule has 0 saturated carbocycles. The van der Waals surface area contributed by atoms with Crippen LogP contribution in [0.2, 0.25) is 0 Å². The van der Waals surface area contributed by atoms with Gasteiger partial charge < -0.3 is 17.2 Å². The zero-order valence-electron chi connectivity index (χ0n) is 7.12. The Balaban J connectivity index is 3.00. The van der Waals surface area contributed by atoms with Gasteiger partial charge in [-0.25, -0.2) is 0 Å². The molecule has 0 atom stereocenters. The van der Waals surface area contributed by atoms with Crippen LogP contribution in [0.15, 0.2) is 30.3 Å². The number of benzene rings is 2. The molecule has 0 bridgehead atoms. The minimum atomic E-state index is 0.669. The maximum atomic E-state index is 5.79. The van der Waals surface area contributed by atoms with Crippen molar-refractivity contribution in [2.45, 2.75) is 0 Å². The smallest absolute Gasteiger partial charge is 0.0416 e. The number of nitrogen functional groups attached to an aromatic ring is 3. The topological polar surface area (TPSA) is 78.1 Å². The van der Waals surface area contributed by atoms with E-state index < -0.39 is 0 Å². The van der Waals surface area contributed by atoms with Crippen LogP contribution >= 0.6 is 0 Å². The van der Waals surface area contributed by atoms with Gasteiger partial charge in [0.1, 0.15) is 0 Å². The Hall–Kier alpha value is -1.90. The molecule has 3 nitrogen and oxygen atoms in total. The average Bonchev–Trinajstić information content (AvgIpc) is 2.12. The van der Waals surface area contributed by atoms with E-state index in [1.54, 1.807) is 12.1 Å². The first-order chi connectivity index (χ1) is 6.20. The highest BCUT2D eigenvalue weighted by molar-refractivity contribution is 6.06. The molecule has 0 saturated heterocycles. The van der Waals surface area contributed by atoms with Crippen molar-refractivity contribution in [3.8, 4) is 0 Å². The Morgan fingerprint density at radius 1 is 0.692 bits per heavy atom. The summed E-state index contributed by atoms with van der Waals surface area (Å²) in [6.45, 7) is 0. The Morgan fingerprint density at radius 3 is 2.00 bits per heavy atom. The zero-order chi connectivity index (χ0) is 9.42. The van der Waals surface area contributed by atoms with E-state index in [9.17, 15) is 0 Å².